The van der Waals surface area contributed by atoms with Gasteiger partial charge in [-0.3, -0.25) is 0 Å². The van der Waals surface area contributed by atoms with Gasteiger partial charge in [0.15, 0.2) is 0 Å². The molecule has 0 amide bonds. The zero-order valence-corrected chi connectivity index (χ0v) is 25.0. The molecule has 43 heavy (non-hydrogen) atoms. The van der Waals surface area contributed by atoms with Gasteiger partial charge >= 0.3 is 0 Å². The molecule has 5 aromatic carbocycles. The van der Waals surface area contributed by atoms with Crippen molar-refractivity contribution in [3.63, 3.8) is 0 Å². The molecule has 0 atom stereocenters. The number of aryl methyl sites for hydroxylation is 1. The molecule has 0 aliphatic heterocycles. The van der Waals surface area contributed by atoms with Crippen LogP contribution in [0.15, 0.2) is 177 Å². The van der Waals surface area contributed by atoms with Crippen LogP contribution < -0.4 is 0 Å². The quantitative estimate of drug-likeness (QED) is 0.165. The molecule has 0 heterocycles. The van der Waals surface area contributed by atoms with Crippen molar-refractivity contribution < 1.29 is 0 Å². The summed E-state index contributed by atoms with van der Waals surface area (Å²) in [6.07, 6.45) is 7.79. The van der Waals surface area contributed by atoms with Gasteiger partial charge in [-0.05, 0) is 86.7 Å². The van der Waals surface area contributed by atoms with Crippen molar-refractivity contribution in [3.8, 4) is 22.3 Å². The Kier molecular flexibility index (Phi) is 7.53. The average Bonchev–Trinajstić information content (AvgIpc) is 3.34. The van der Waals surface area contributed by atoms with E-state index >= 15 is 0 Å². The molecule has 1 aliphatic carbocycles. The van der Waals surface area contributed by atoms with Gasteiger partial charge in [-0.15, -0.1) is 0 Å². The molecule has 0 radical (unpaired) electrons. The second-order valence-electron chi connectivity index (χ2n) is 11.3. The van der Waals surface area contributed by atoms with Gasteiger partial charge in [-0.25, -0.2) is 0 Å². The van der Waals surface area contributed by atoms with Gasteiger partial charge in [0, 0.05) is 0 Å². The minimum Gasteiger partial charge on any atom is -0.0991 e. The monoisotopic (exact) mass is 552 g/mol. The van der Waals surface area contributed by atoms with Gasteiger partial charge in [0.25, 0.3) is 0 Å². The smallest absolute Gasteiger partial charge is 0.0713 e. The lowest BCUT2D eigenvalue weighted by Crippen LogP contribution is -2.28. The minimum absolute atomic E-state index is 0.432. The molecule has 0 saturated heterocycles. The summed E-state index contributed by atoms with van der Waals surface area (Å²) in [5.74, 6) is 0. The lowest BCUT2D eigenvalue weighted by atomic mass is 9.67. The van der Waals surface area contributed by atoms with Crippen molar-refractivity contribution in [1.82, 2.24) is 0 Å². The Morgan fingerprint density at radius 3 is 1.93 bits per heavy atom. The highest BCUT2D eigenvalue weighted by molar-refractivity contribution is 5.91. The normalized spacial score (nSPS) is 13.4. The van der Waals surface area contributed by atoms with Crippen molar-refractivity contribution in [2.24, 2.45) is 0 Å². The second kappa shape index (κ2) is 11.6. The first-order chi connectivity index (χ1) is 20.9. The Labute approximate surface area is 256 Å². The van der Waals surface area contributed by atoms with E-state index in [1.54, 1.807) is 6.08 Å². The lowest BCUT2D eigenvalue weighted by molar-refractivity contribution is 0.769. The number of fused-ring (bicyclic) bond motifs is 3. The molecule has 5 aromatic rings. The maximum Gasteiger partial charge on any atom is 0.0713 e. The van der Waals surface area contributed by atoms with Crippen molar-refractivity contribution >= 4 is 5.57 Å². The molecule has 0 heteroatoms. The first-order valence-corrected chi connectivity index (χ1v) is 14.8. The van der Waals surface area contributed by atoms with E-state index in [-0.39, 0.29) is 0 Å². The Morgan fingerprint density at radius 1 is 0.651 bits per heavy atom. The van der Waals surface area contributed by atoms with Crippen LogP contribution in [0.25, 0.3) is 27.8 Å². The fourth-order valence-corrected chi connectivity index (χ4v) is 6.53. The summed E-state index contributed by atoms with van der Waals surface area (Å²) >= 11 is 0. The minimum atomic E-state index is -0.432. The molecule has 6 rings (SSSR count). The number of rotatable bonds is 8. The fourth-order valence-electron chi connectivity index (χ4n) is 6.53. The zero-order valence-electron chi connectivity index (χ0n) is 25.0. The maximum atomic E-state index is 4.52. The summed E-state index contributed by atoms with van der Waals surface area (Å²) in [6.45, 7) is 16.7. The molecule has 0 N–H and O–H groups in total. The number of hydrogen-bond donors (Lipinski definition) is 0. The highest BCUT2D eigenvalue weighted by atomic mass is 14.5. The van der Waals surface area contributed by atoms with E-state index in [1.165, 1.54) is 50.1 Å². The van der Waals surface area contributed by atoms with E-state index in [2.05, 4.69) is 161 Å². The van der Waals surface area contributed by atoms with E-state index in [9.17, 15) is 0 Å². The number of hydrogen-bond acceptors (Lipinski definition) is 0. The van der Waals surface area contributed by atoms with Gasteiger partial charge in [-0.1, -0.05) is 165 Å². The first kappa shape index (κ1) is 27.9. The fraction of sp³-hybridized carbons (Fsp3) is 0.0698. The third kappa shape index (κ3) is 4.86. The van der Waals surface area contributed by atoms with Crippen LogP contribution in [0.3, 0.4) is 0 Å². The van der Waals surface area contributed by atoms with Gasteiger partial charge in [-0.2, -0.15) is 0 Å². The summed E-state index contributed by atoms with van der Waals surface area (Å²) < 4.78 is 0. The van der Waals surface area contributed by atoms with Crippen LogP contribution in [-0.4, -0.2) is 0 Å². The van der Waals surface area contributed by atoms with Crippen molar-refractivity contribution in [2.45, 2.75) is 19.3 Å². The summed E-state index contributed by atoms with van der Waals surface area (Å²) in [4.78, 5) is 0. The van der Waals surface area contributed by atoms with E-state index in [0.29, 0.717) is 0 Å². The molecule has 0 fully saturated rings. The van der Waals surface area contributed by atoms with Gasteiger partial charge in [0.05, 0.1) is 5.41 Å². The van der Waals surface area contributed by atoms with E-state index < -0.39 is 5.41 Å². The largest absolute Gasteiger partial charge is 0.0991 e. The summed E-state index contributed by atoms with van der Waals surface area (Å²) in [5, 5.41) is 0. The van der Waals surface area contributed by atoms with E-state index in [4.69, 9.17) is 0 Å². The molecule has 0 unspecified atom stereocenters. The molecule has 1 aliphatic rings. The Hall–Kier alpha value is -5.20. The van der Waals surface area contributed by atoms with Gasteiger partial charge < -0.3 is 0 Å². The molecular formula is C43H36. The van der Waals surface area contributed by atoms with E-state index in [0.717, 1.165) is 22.3 Å². The average molecular weight is 553 g/mol. The first-order valence-electron chi connectivity index (χ1n) is 14.8. The van der Waals surface area contributed by atoms with Crippen molar-refractivity contribution in [2.75, 3.05) is 0 Å². The number of allylic oxidation sites excluding steroid dienone is 7. The van der Waals surface area contributed by atoms with Crippen LogP contribution >= 0.6 is 0 Å². The Bertz CT molecular complexity index is 1870. The van der Waals surface area contributed by atoms with E-state index in [1.807, 2.05) is 12.2 Å². The molecule has 0 nitrogen and oxygen atoms in total. The van der Waals surface area contributed by atoms with Crippen LogP contribution in [0.5, 0.6) is 0 Å². The summed E-state index contributed by atoms with van der Waals surface area (Å²) in [5.41, 5.74) is 14.9. The standard InChI is InChI=1S/C43H36/c1-6-7-16-31(3)32(4)28-33(5)40-27-30(2)23-25-37(40)34-24-26-39-38-21-14-15-22-41(38)43(42(39)29-34,35-17-10-8-11-18-35)36-19-12-9-13-20-36/h6-29H,1,3,5H2,2,4H3/b16-7-,32-28+. The van der Waals surface area contributed by atoms with Crippen LogP contribution in [0, 0.1) is 6.92 Å². The maximum absolute atomic E-state index is 4.52. The molecule has 0 spiro atoms. The highest BCUT2D eigenvalue weighted by Crippen LogP contribution is 2.56. The van der Waals surface area contributed by atoms with Crippen LogP contribution in [0.2, 0.25) is 0 Å². The predicted octanol–water partition coefficient (Wildman–Crippen LogP) is 11.3. The zero-order chi connectivity index (χ0) is 30.0. The lowest BCUT2D eigenvalue weighted by Gasteiger charge is -2.34. The third-order valence-electron chi connectivity index (χ3n) is 8.62. The molecule has 0 bridgehead atoms. The molecular weight excluding hydrogens is 516 g/mol. The Balaban J connectivity index is 1.58. The Morgan fingerprint density at radius 2 is 1.26 bits per heavy atom. The van der Waals surface area contributed by atoms with Crippen molar-refractivity contribution in [3.05, 3.63) is 210 Å². The topological polar surface area (TPSA) is 0 Å². The number of benzene rings is 5. The summed E-state index contributed by atoms with van der Waals surface area (Å²) in [6, 6.07) is 44.4. The SMILES string of the molecule is C=C/C=C\C(=C)/C(C)=C/C(=C)c1cc(C)ccc1-c1ccc2c(c1)C(c1ccccc1)(c1ccccc1)c1ccccc1-2. The second-order valence-corrected chi connectivity index (χ2v) is 11.3. The van der Waals surface area contributed by atoms with Gasteiger partial charge in [0.2, 0.25) is 0 Å². The van der Waals surface area contributed by atoms with Crippen LogP contribution in [-0.2, 0) is 5.41 Å². The molecule has 0 saturated carbocycles. The molecule has 0 aromatic heterocycles. The van der Waals surface area contributed by atoms with Crippen LogP contribution in [0.4, 0.5) is 0 Å². The van der Waals surface area contributed by atoms with Crippen molar-refractivity contribution in [1.29, 1.82) is 0 Å². The van der Waals surface area contributed by atoms with Crippen LogP contribution in [0.1, 0.15) is 40.3 Å². The van der Waals surface area contributed by atoms with Gasteiger partial charge in [0.1, 0.15) is 0 Å². The highest BCUT2D eigenvalue weighted by Gasteiger charge is 2.46. The molecule has 208 valence electrons. The third-order valence-corrected chi connectivity index (χ3v) is 8.62. The predicted molar refractivity (Wildman–Crippen MR) is 185 cm³/mol. The summed E-state index contributed by atoms with van der Waals surface area (Å²) in [7, 11) is 0.